The van der Waals surface area contributed by atoms with Crippen LogP contribution in [0.25, 0.3) is 0 Å². The van der Waals surface area contributed by atoms with Gasteiger partial charge in [0.05, 0.1) is 6.42 Å². The Hall–Kier alpha value is -2.02. The lowest BCUT2D eigenvalue weighted by atomic mass is 10.1. The van der Waals surface area contributed by atoms with Crippen LogP contribution in [0.2, 0.25) is 0 Å². The molecule has 5 nitrogen and oxygen atoms in total. The van der Waals surface area contributed by atoms with Crippen molar-refractivity contribution in [3.8, 4) is 0 Å². The number of nitrogens with zero attached hydrogens (tertiary/aromatic N) is 2. The summed E-state index contributed by atoms with van der Waals surface area (Å²) in [5.74, 6) is -2.47. The van der Waals surface area contributed by atoms with Gasteiger partial charge in [-0.1, -0.05) is 6.07 Å². The van der Waals surface area contributed by atoms with E-state index in [1.807, 2.05) is 0 Å². The highest BCUT2D eigenvalue weighted by atomic mass is 19.2. The number of piperazine rings is 1. The van der Waals surface area contributed by atoms with Crippen molar-refractivity contribution < 1.29 is 23.5 Å². The van der Waals surface area contributed by atoms with Crippen molar-refractivity contribution in [3.05, 3.63) is 35.4 Å². The number of amides is 2. The van der Waals surface area contributed by atoms with Crippen LogP contribution >= 0.6 is 0 Å². The van der Waals surface area contributed by atoms with Crippen LogP contribution in [0.3, 0.4) is 0 Å². The molecule has 1 fully saturated rings. The summed E-state index contributed by atoms with van der Waals surface area (Å²) < 4.78 is 25.9. The lowest BCUT2D eigenvalue weighted by Gasteiger charge is -2.34. The van der Waals surface area contributed by atoms with Gasteiger partial charge < -0.3 is 14.9 Å². The summed E-state index contributed by atoms with van der Waals surface area (Å²) in [6.45, 7) is 0.928. The fourth-order valence-corrected chi connectivity index (χ4v) is 2.24. The van der Waals surface area contributed by atoms with E-state index in [2.05, 4.69) is 0 Å². The number of carbonyl (C=O) groups excluding carboxylic acids is 2. The standard InChI is InChI=1S/C14H16F2N2O3/c15-11-2-1-10(7-12(11)16)8-13(20)17-3-5-18(6-4-17)14(21)9-19/h1-2,7,19H,3-6,8-9H2. The van der Waals surface area contributed by atoms with Crippen molar-refractivity contribution in [1.82, 2.24) is 9.80 Å². The molecule has 0 atom stereocenters. The summed E-state index contributed by atoms with van der Waals surface area (Å²) in [4.78, 5) is 26.4. The number of hydrogen-bond donors (Lipinski definition) is 1. The van der Waals surface area contributed by atoms with Gasteiger partial charge in [0.1, 0.15) is 6.61 Å². The van der Waals surface area contributed by atoms with E-state index in [1.165, 1.54) is 11.0 Å². The molecule has 0 unspecified atom stereocenters. The van der Waals surface area contributed by atoms with Crippen molar-refractivity contribution >= 4 is 11.8 Å². The summed E-state index contributed by atoms with van der Waals surface area (Å²) in [6.07, 6.45) is -0.00878. The van der Waals surface area contributed by atoms with Gasteiger partial charge in [-0.15, -0.1) is 0 Å². The maximum atomic E-state index is 13.1. The molecule has 0 saturated carbocycles. The van der Waals surface area contributed by atoms with Crippen molar-refractivity contribution in [3.63, 3.8) is 0 Å². The second-order valence-corrected chi connectivity index (χ2v) is 4.84. The van der Waals surface area contributed by atoms with Crippen LogP contribution in [0.4, 0.5) is 8.78 Å². The molecular formula is C14H16F2N2O3. The van der Waals surface area contributed by atoms with Gasteiger partial charge in [0.25, 0.3) is 0 Å². The third kappa shape index (κ3) is 3.75. The molecule has 1 aromatic rings. The normalized spacial score (nSPS) is 15.2. The predicted molar refractivity (Wildman–Crippen MR) is 70.3 cm³/mol. The molecule has 0 bridgehead atoms. The van der Waals surface area contributed by atoms with Crippen LogP contribution in [0, 0.1) is 11.6 Å². The van der Waals surface area contributed by atoms with Crippen molar-refractivity contribution in [2.45, 2.75) is 6.42 Å². The Kier molecular flexibility index (Phi) is 4.85. The summed E-state index contributed by atoms with van der Waals surface area (Å²) in [6, 6.07) is 3.39. The molecule has 114 valence electrons. The number of benzene rings is 1. The summed E-state index contributed by atoms with van der Waals surface area (Å²) in [7, 11) is 0. The Balaban J connectivity index is 1.90. The van der Waals surface area contributed by atoms with Gasteiger partial charge in [0.15, 0.2) is 11.6 Å². The summed E-state index contributed by atoms with van der Waals surface area (Å²) in [5, 5.41) is 8.77. The van der Waals surface area contributed by atoms with E-state index in [0.29, 0.717) is 31.7 Å². The number of carbonyl (C=O) groups is 2. The molecule has 0 spiro atoms. The first-order valence-electron chi connectivity index (χ1n) is 6.61. The van der Waals surface area contributed by atoms with Crippen molar-refractivity contribution in [1.29, 1.82) is 0 Å². The second kappa shape index (κ2) is 6.62. The topological polar surface area (TPSA) is 60.9 Å². The molecule has 2 rings (SSSR count). The van der Waals surface area contributed by atoms with E-state index < -0.39 is 18.2 Å². The maximum absolute atomic E-state index is 13.1. The zero-order valence-corrected chi connectivity index (χ0v) is 11.4. The van der Waals surface area contributed by atoms with E-state index in [0.717, 1.165) is 12.1 Å². The first-order valence-corrected chi connectivity index (χ1v) is 6.61. The van der Waals surface area contributed by atoms with Crippen LogP contribution in [-0.2, 0) is 16.0 Å². The fraction of sp³-hybridized carbons (Fsp3) is 0.429. The van der Waals surface area contributed by atoms with Gasteiger partial charge in [-0.2, -0.15) is 0 Å². The van der Waals surface area contributed by atoms with Crippen molar-refractivity contribution in [2.75, 3.05) is 32.8 Å². The Morgan fingerprint density at radius 3 is 2.10 bits per heavy atom. The molecule has 1 heterocycles. The second-order valence-electron chi connectivity index (χ2n) is 4.84. The summed E-state index contributed by atoms with van der Waals surface area (Å²) in [5.41, 5.74) is 0.410. The zero-order valence-electron chi connectivity index (χ0n) is 11.4. The molecular weight excluding hydrogens is 282 g/mol. The number of hydrogen-bond acceptors (Lipinski definition) is 3. The quantitative estimate of drug-likeness (QED) is 0.865. The van der Waals surface area contributed by atoms with E-state index >= 15 is 0 Å². The minimum atomic E-state index is -0.973. The summed E-state index contributed by atoms with van der Waals surface area (Å²) >= 11 is 0. The van der Waals surface area contributed by atoms with Crippen molar-refractivity contribution in [2.24, 2.45) is 0 Å². The number of aliphatic hydroxyl groups excluding tert-OH is 1. The molecule has 1 aliphatic heterocycles. The Morgan fingerprint density at radius 1 is 1.00 bits per heavy atom. The monoisotopic (exact) mass is 298 g/mol. The average molecular weight is 298 g/mol. The first-order chi connectivity index (χ1) is 10.0. The fourth-order valence-electron chi connectivity index (χ4n) is 2.24. The highest BCUT2D eigenvalue weighted by Gasteiger charge is 2.23. The molecule has 1 aliphatic rings. The molecule has 0 aliphatic carbocycles. The minimum absolute atomic E-state index is 0.00878. The molecule has 2 amide bonds. The third-order valence-electron chi connectivity index (χ3n) is 3.46. The molecule has 1 saturated heterocycles. The Bertz CT molecular complexity index is 543. The molecule has 21 heavy (non-hydrogen) atoms. The first kappa shape index (κ1) is 15.4. The number of halogens is 2. The maximum Gasteiger partial charge on any atom is 0.248 e. The largest absolute Gasteiger partial charge is 0.387 e. The lowest BCUT2D eigenvalue weighted by molar-refractivity contribution is -0.140. The Labute approximate surface area is 120 Å². The lowest BCUT2D eigenvalue weighted by Crippen LogP contribution is -2.51. The predicted octanol–water partition coefficient (Wildman–Crippen LogP) is 0.170. The molecule has 0 aromatic heterocycles. The highest BCUT2D eigenvalue weighted by Crippen LogP contribution is 2.11. The highest BCUT2D eigenvalue weighted by molar-refractivity contribution is 5.80. The van der Waals surface area contributed by atoms with Crippen LogP contribution in [0.15, 0.2) is 18.2 Å². The zero-order chi connectivity index (χ0) is 15.4. The van der Waals surface area contributed by atoms with Crippen LogP contribution in [-0.4, -0.2) is 59.5 Å². The van der Waals surface area contributed by atoms with Gasteiger partial charge in [-0.05, 0) is 17.7 Å². The SMILES string of the molecule is O=C(CO)N1CCN(C(=O)Cc2ccc(F)c(F)c2)CC1. The molecule has 1 aromatic carbocycles. The van der Waals surface area contributed by atoms with E-state index in [-0.39, 0.29) is 18.2 Å². The van der Waals surface area contributed by atoms with Crippen LogP contribution in [0.5, 0.6) is 0 Å². The molecule has 0 radical (unpaired) electrons. The molecule has 1 N–H and O–H groups in total. The Morgan fingerprint density at radius 2 is 1.57 bits per heavy atom. The number of aliphatic hydroxyl groups is 1. The van der Waals surface area contributed by atoms with Gasteiger partial charge in [-0.25, -0.2) is 8.78 Å². The average Bonchev–Trinajstić information content (AvgIpc) is 2.50. The van der Waals surface area contributed by atoms with Gasteiger partial charge in [0.2, 0.25) is 11.8 Å². The van der Waals surface area contributed by atoms with E-state index in [4.69, 9.17) is 5.11 Å². The molecule has 7 heteroatoms. The minimum Gasteiger partial charge on any atom is -0.387 e. The number of rotatable bonds is 3. The van der Waals surface area contributed by atoms with Crippen LogP contribution < -0.4 is 0 Å². The van der Waals surface area contributed by atoms with Gasteiger partial charge in [0, 0.05) is 26.2 Å². The van der Waals surface area contributed by atoms with Crippen LogP contribution in [0.1, 0.15) is 5.56 Å². The van der Waals surface area contributed by atoms with E-state index in [9.17, 15) is 18.4 Å². The smallest absolute Gasteiger partial charge is 0.248 e. The third-order valence-corrected chi connectivity index (χ3v) is 3.46. The van der Waals surface area contributed by atoms with Gasteiger partial charge >= 0.3 is 0 Å². The van der Waals surface area contributed by atoms with Gasteiger partial charge in [-0.3, -0.25) is 9.59 Å². The van der Waals surface area contributed by atoms with E-state index in [1.54, 1.807) is 4.90 Å².